The van der Waals surface area contributed by atoms with Crippen molar-refractivity contribution in [3.05, 3.63) is 23.5 Å². The molecule has 1 atom stereocenters. The minimum absolute atomic E-state index is 0.151. The van der Waals surface area contributed by atoms with Gasteiger partial charge in [0, 0.05) is 25.8 Å². The number of pyridine rings is 1. The summed E-state index contributed by atoms with van der Waals surface area (Å²) in [6.07, 6.45) is 2.13. The summed E-state index contributed by atoms with van der Waals surface area (Å²) in [6.45, 7) is 2.56. The second-order valence-electron chi connectivity index (χ2n) is 5.39. The van der Waals surface area contributed by atoms with Crippen LogP contribution in [0.1, 0.15) is 22.5 Å². The molecule has 110 valence electrons. The van der Waals surface area contributed by atoms with Crippen molar-refractivity contribution in [2.45, 2.75) is 13.3 Å². The van der Waals surface area contributed by atoms with Gasteiger partial charge < -0.3 is 10.0 Å². The van der Waals surface area contributed by atoms with Gasteiger partial charge in [-0.1, -0.05) is 0 Å². The molecule has 0 bridgehead atoms. The number of rotatable bonds is 2. The van der Waals surface area contributed by atoms with Gasteiger partial charge in [-0.15, -0.1) is 0 Å². The average Bonchev–Trinajstić information content (AvgIpc) is 3.05. The van der Waals surface area contributed by atoms with Gasteiger partial charge >= 0.3 is 5.97 Å². The summed E-state index contributed by atoms with van der Waals surface area (Å²) in [5, 5.41) is 13.9. The van der Waals surface area contributed by atoms with Crippen LogP contribution in [0.15, 0.2) is 12.3 Å². The fourth-order valence-corrected chi connectivity index (χ4v) is 2.73. The van der Waals surface area contributed by atoms with Gasteiger partial charge in [0.2, 0.25) is 0 Å². The molecule has 21 heavy (non-hydrogen) atoms. The van der Waals surface area contributed by atoms with Crippen molar-refractivity contribution in [3.63, 3.8) is 0 Å². The van der Waals surface area contributed by atoms with E-state index < -0.39 is 11.9 Å². The first-order chi connectivity index (χ1) is 9.97. The molecule has 1 aliphatic heterocycles. The predicted molar refractivity (Wildman–Crippen MR) is 74.9 cm³/mol. The molecule has 0 aromatic carbocycles. The van der Waals surface area contributed by atoms with Crippen molar-refractivity contribution in [3.8, 4) is 0 Å². The molecule has 1 fully saturated rings. The second kappa shape index (κ2) is 4.83. The van der Waals surface area contributed by atoms with Gasteiger partial charge in [0.1, 0.15) is 0 Å². The summed E-state index contributed by atoms with van der Waals surface area (Å²) in [4.78, 5) is 29.7. The number of likely N-dealkylation sites (tertiary alicyclic amines) is 1. The summed E-state index contributed by atoms with van der Waals surface area (Å²) < 4.78 is 1.63. The zero-order chi connectivity index (χ0) is 15.1. The maximum Gasteiger partial charge on any atom is 0.308 e. The molecule has 1 saturated heterocycles. The molecule has 0 saturated carbocycles. The van der Waals surface area contributed by atoms with Gasteiger partial charge in [0.25, 0.3) is 5.91 Å². The average molecular weight is 288 g/mol. The number of fused-ring (bicyclic) bond motifs is 1. The standard InChI is InChI=1S/C14H16N4O3/c1-8-5-10(11-6-15-17(2)12(11)16-8)13(19)18-4-3-9(7-18)14(20)21/h5-6,9H,3-4,7H2,1-2H3,(H,20,21)/t9-/m1/s1. The first kappa shape index (κ1) is 13.5. The third-order valence-electron chi connectivity index (χ3n) is 3.89. The Morgan fingerprint density at radius 2 is 2.19 bits per heavy atom. The highest BCUT2D eigenvalue weighted by molar-refractivity contribution is 6.05. The molecule has 1 amide bonds. The highest BCUT2D eigenvalue weighted by Crippen LogP contribution is 2.23. The molecule has 3 heterocycles. The number of amides is 1. The number of nitrogens with zero attached hydrogens (tertiary/aromatic N) is 4. The molecule has 0 radical (unpaired) electrons. The molecule has 0 spiro atoms. The third-order valence-corrected chi connectivity index (χ3v) is 3.89. The van der Waals surface area contributed by atoms with Crippen LogP contribution in [0.5, 0.6) is 0 Å². The van der Waals surface area contributed by atoms with E-state index in [-0.39, 0.29) is 12.5 Å². The van der Waals surface area contributed by atoms with Crippen LogP contribution in [0.3, 0.4) is 0 Å². The molecule has 2 aromatic heterocycles. The van der Waals surface area contributed by atoms with Crippen LogP contribution in [0.25, 0.3) is 11.0 Å². The van der Waals surface area contributed by atoms with E-state index in [0.29, 0.717) is 29.6 Å². The minimum atomic E-state index is -0.845. The Hall–Kier alpha value is -2.44. The van der Waals surface area contributed by atoms with Crippen LogP contribution < -0.4 is 0 Å². The van der Waals surface area contributed by atoms with Crippen LogP contribution in [0.4, 0.5) is 0 Å². The van der Waals surface area contributed by atoms with E-state index in [1.165, 1.54) is 0 Å². The Bertz CT molecular complexity index is 737. The Labute approximate surface area is 121 Å². The normalized spacial score (nSPS) is 18.4. The van der Waals surface area contributed by atoms with Crippen molar-refractivity contribution in [2.24, 2.45) is 13.0 Å². The predicted octanol–water partition coefficient (Wildman–Crippen LogP) is 0.823. The van der Waals surface area contributed by atoms with Crippen molar-refractivity contribution >= 4 is 22.9 Å². The summed E-state index contributed by atoms with van der Waals surface area (Å²) in [5.74, 6) is -1.47. The smallest absolute Gasteiger partial charge is 0.308 e. The number of carboxylic acid groups (broad SMARTS) is 1. The number of aromatic nitrogens is 3. The molecule has 0 aliphatic carbocycles. The Kier molecular flexibility index (Phi) is 3.12. The number of carbonyl (C=O) groups is 2. The Morgan fingerprint density at radius 3 is 2.86 bits per heavy atom. The zero-order valence-corrected chi connectivity index (χ0v) is 11.9. The lowest BCUT2D eigenvalue weighted by atomic mass is 10.1. The minimum Gasteiger partial charge on any atom is -0.481 e. The number of carboxylic acids is 1. The Balaban J connectivity index is 1.97. The monoisotopic (exact) mass is 288 g/mol. The van der Waals surface area contributed by atoms with Crippen molar-refractivity contribution in [1.29, 1.82) is 0 Å². The van der Waals surface area contributed by atoms with Gasteiger partial charge in [0.15, 0.2) is 5.65 Å². The summed E-state index contributed by atoms with van der Waals surface area (Å²) in [7, 11) is 1.78. The summed E-state index contributed by atoms with van der Waals surface area (Å²) in [5.41, 5.74) is 1.94. The molecular formula is C14H16N4O3. The van der Waals surface area contributed by atoms with Gasteiger partial charge in [-0.2, -0.15) is 5.10 Å². The van der Waals surface area contributed by atoms with Crippen LogP contribution in [-0.2, 0) is 11.8 Å². The number of carbonyl (C=O) groups excluding carboxylic acids is 1. The van der Waals surface area contributed by atoms with E-state index in [2.05, 4.69) is 10.1 Å². The zero-order valence-electron chi connectivity index (χ0n) is 11.9. The van der Waals surface area contributed by atoms with Crippen molar-refractivity contribution in [2.75, 3.05) is 13.1 Å². The van der Waals surface area contributed by atoms with Crippen LogP contribution in [-0.4, -0.2) is 49.7 Å². The summed E-state index contributed by atoms with van der Waals surface area (Å²) >= 11 is 0. The maximum atomic E-state index is 12.7. The molecule has 7 heteroatoms. The first-order valence-corrected chi connectivity index (χ1v) is 6.79. The van der Waals surface area contributed by atoms with Gasteiger partial charge in [-0.3, -0.25) is 14.3 Å². The highest BCUT2D eigenvalue weighted by atomic mass is 16.4. The number of hydrogen-bond donors (Lipinski definition) is 1. The Morgan fingerprint density at radius 1 is 1.43 bits per heavy atom. The molecule has 0 unspecified atom stereocenters. The van der Waals surface area contributed by atoms with Gasteiger partial charge in [-0.05, 0) is 19.4 Å². The number of hydrogen-bond acceptors (Lipinski definition) is 4. The quantitative estimate of drug-likeness (QED) is 0.884. The number of aliphatic carboxylic acids is 1. The molecule has 3 rings (SSSR count). The largest absolute Gasteiger partial charge is 0.481 e. The lowest BCUT2D eigenvalue weighted by Gasteiger charge is -2.16. The molecule has 1 N–H and O–H groups in total. The topological polar surface area (TPSA) is 88.3 Å². The van der Waals surface area contributed by atoms with E-state index in [9.17, 15) is 9.59 Å². The van der Waals surface area contributed by atoms with E-state index in [1.807, 2.05) is 6.92 Å². The lowest BCUT2D eigenvalue weighted by Crippen LogP contribution is -2.30. The van der Waals surface area contributed by atoms with Crippen molar-refractivity contribution in [1.82, 2.24) is 19.7 Å². The highest BCUT2D eigenvalue weighted by Gasteiger charge is 2.32. The summed E-state index contributed by atoms with van der Waals surface area (Å²) in [6, 6.07) is 1.74. The van der Waals surface area contributed by atoms with Gasteiger partial charge in [0.05, 0.1) is 23.1 Å². The molecular weight excluding hydrogens is 272 g/mol. The SMILES string of the molecule is Cc1cc(C(=O)N2CC[C@@H](C(=O)O)C2)c2cnn(C)c2n1. The first-order valence-electron chi connectivity index (χ1n) is 6.79. The number of aryl methyl sites for hydroxylation is 2. The fraction of sp³-hybridized carbons (Fsp3) is 0.429. The third kappa shape index (κ3) is 2.24. The van der Waals surface area contributed by atoms with Crippen molar-refractivity contribution < 1.29 is 14.7 Å². The van der Waals surface area contributed by atoms with E-state index in [1.54, 1.807) is 28.9 Å². The lowest BCUT2D eigenvalue weighted by molar-refractivity contribution is -0.141. The molecule has 7 nitrogen and oxygen atoms in total. The van der Waals surface area contributed by atoms with Crippen LogP contribution >= 0.6 is 0 Å². The molecule has 2 aromatic rings. The fourth-order valence-electron chi connectivity index (χ4n) is 2.73. The van der Waals surface area contributed by atoms with E-state index >= 15 is 0 Å². The van der Waals surface area contributed by atoms with Gasteiger partial charge in [-0.25, -0.2) is 4.98 Å². The van der Waals surface area contributed by atoms with E-state index in [0.717, 1.165) is 5.69 Å². The van der Waals surface area contributed by atoms with E-state index in [4.69, 9.17) is 5.11 Å². The second-order valence-corrected chi connectivity index (χ2v) is 5.39. The van der Waals surface area contributed by atoms with Crippen LogP contribution in [0, 0.1) is 12.8 Å². The molecule has 1 aliphatic rings. The maximum absolute atomic E-state index is 12.7. The van der Waals surface area contributed by atoms with Crippen LogP contribution in [0.2, 0.25) is 0 Å².